The predicted molar refractivity (Wildman–Crippen MR) is 146 cm³/mol. The van der Waals surface area contributed by atoms with Crippen LogP contribution in [0.4, 0.5) is 10.1 Å². The van der Waals surface area contributed by atoms with Crippen molar-refractivity contribution < 1.29 is 28.9 Å². The van der Waals surface area contributed by atoms with E-state index >= 15 is 0 Å². The number of amides is 2. The van der Waals surface area contributed by atoms with E-state index in [0.29, 0.717) is 14.9 Å². The summed E-state index contributed by atoms with van der Waals surface area (Å²) in [5.74, 6) is -1.82. The number of nitrogens with one attached hydrogen (secondary N) is 2. The number of carbonyl (C=O) groups is 2. The van der Waals surface area contributed by atoms with Gasteiger partial charge in [0.1, 0.15) is 29.8 Å². The molecule has 0 aliphatic carbocycles. The number of rotatable bonds is 11. The van der Waals surface area contributed by atoms with Crippen molar-refractivity contribution in [1.82, 2.24) is 5.32 Å². The maximum absolute atomic E-state index is 14.4. The number of aliphatic hydroxyl groups is 2. The summed E-state index contributed by atoms with van der Waals surface area (Å²) in [6, 6.07) is 17.8. The quantitative estimate of drug-likeness (QED) is 0.209. The molecule has 3 aromatic rings. The minimum Gasteiger partial charge on any atom is -0.486 e. The van der Waals surface area contributed by atoms with Gasteiger partial charge in [-0.05, 0) is 64.0 Å². The van der Waals surface area contributed by atoms with Gasteiger partial charge in [-0.1, -0.05) is 49.4 Å². The van der Waals surface area contributed by atoms with Crippen molar-refractivity contribution in [3.8, 4) is 5.75 Å². The van der Waals surface area contributed by atoms with E-state index in [4.69, 9.17) is 20.7 Å². The smallest absolute Gasteiger partial charge is 0.247 e. The topological polar surface area (TPSA) is 134 Å². The van der Waals surface area contributed by atoms with Crippen LogP contribution in [0.1, 0.15) is 30.0 Å². The molecule has 3 rings (SSSR count). The Labute approximate surface area is 228 Å². The summed E-state index contributed by atoms with van der Waals surface area (Å²) in [4.78, 5) is 26.4. The molecule has 0 spiro atoms. The Hall–Kier alpha value is -3.06. The zero-order valence-electron chi connectivity index (χ0n) is 20.1. The van der Waals surface area contributed by atoms with Gasteiger partial charge in [-0.3, -0.25) is 9.59 Å². The highest BCUT2D eigenvalue weighted by molar-refractivity contribution is 14.1. The van der Waals surface area contributed by atoms with E-state index in [0.717, 1.165) is 5.56 Å². The molecule has 6 N–H and O–H groups in total. The molecule has 3 aromatic carbocycles. The Morgan fingerprint density at radius 2 is 1.62 bits per heavy atom. The summed E-state index contributed by atoms with van der Waals surface area (Å²) < 4.78 is 20.5. The van der Waals surface area contributed by atoms with Gasteiger partial charge in [-0.2, -0.15) is 0 Å². The van der Waals surface area contributed by atoms with E-state index in [1.165, 1.54) is 12.1 Å². The predicted octanol–water partition coefficient (Wildman–Crippen LogP) is 3.09. The molecule has 0 aromatic heterocycles. The lowest BCUT2D eigenvalue weighted by atomic mass is 9.92. The molecule has 37 heavy (non-hydrogen) atoms. The van der Waals surface area contributed by atoms with Crippen molar-refractivity contribution in [2.24, 2.45) is 5.73 Å². The standard InChI is InChI=1S/C27H29FIN3O5/c1-16(17-5-3-2-4-6-17)25(27(36)31-23-12-9-19(29)13-22(23)28)32-26(35)24(30)18-7-10-20(11-8-18)37-21(14-33)15-34/h2-13,16,21,24-25,33-34H,14-15,30H2,1H3,(H,31,36)(H,32,35)/t16-,24?,25-/m0/s1. The number of nitrogens with two attached hydrogens (primary N) is 1. The number of hydrogen-bond donors (Lipinski definition) is 5. The average molecular weight is 621 g/mol. The summed E-state index contributed by atoms with van der Waals surface area (Å²) >= 11 is 1.97. The highest BCUT2D eigenvalue weighted by atomic mass is 127. The Morgan fingerprint density at radius 1 is 0.973 bits per heavy atom. The lowest BCUT2D eigenvalue weighted by Crippen LogP contribution is -2.49. The monoisotopic (exact) mass is 621 g/mol. The molecule has 0 aliphatic rings. The Bertz CT molecular complexity index is 1190. The number of benzene rings is 3. The Balaban J connectivity index is 1.79. The van der Waals surface area contributed by atoms with E-state index in [2.05, 4.69) is 10.6 Å². The first-order valence-corrected chi connectivity index (χ1v) is 12.7. The van der Waals surface area contributed by atoms with E-state index in [9.17, 15) is 14.0 Å². The minimum atomic E-state index is -1.10. The van der Waals surface area contributed by atoms with Gasteiger partial charge in [0, 0.05) is 9.49 Å². The van der Waals surface area contributed by atoms with Crippen LogP contribution in [0.5, 0.6) is 5.75 Å². The highest BCUT2D eigenvalue weighted by Gasteiger charge is 2.30. The van der Waals surface area contributed by atoms with Gasteiger partial charge >= 0.3 is 0 Å². The molecular weight excluding hydrogens is 592 g/mol. The van der Waals surface area contributed by atoms with Gasteiger partial charge < -0.3 is 31.3 Å². The number of anilines is 1. The first-order valence-electron chi connectivity index (χ1n) is 11.6. The number of carbonyl (C=O) groups excluding carboxylic acids is 2. The fourth-order valence-corrected chi connectivity index (χ4v) is 4.09. The number of hydrogen-bond acceptors (Lipinski definition) is 6. The molecular formula is C27H29FIN3O5. The SMILES string of the molecule is C[C@@H](c1ccccc1)[C@H](NC(=O)C(N)c1ccc(OC(CO)CO)cc1)C(=O)Nc1ccc(I)cc1F. The fourth-order valence-electron chi connectivity index (χ4n) is 3.64. The number of aliphatic hydroxyl groups excluding tert-OH is 2. The molecule has 0 radical (unpaired) electrons. The van der Waals surface area contributed by atoms with Gasteiger partial charge in [0.15, 0.2) is 0 Å². The molecule has 2 amide bonds. The molecule has 8 nitrogen and oxygen atoms in total. The van der Waals surface area contributed by atoms with E-state index in [1.807, 2.05) is 52.9 Å². The van der Waals surface area contributed by atoms with Gasteiger partial charge in [0.25, 0.3) is 0 Å². The largest absolute Gasteiger partial charge is 0.486 e. The second-order valence-electron chi connectivity index (χ2n) is 8.45. The normalized spacial score (nSPS) is 13.5. The second kappa shape index (κ2) is 13.5. The van der Waals surface area contributed by atoms with Crippen LogP contribution < -0.4 is 21.1 Å². The highest BCUT2D eigenvalue weighted by Crippen LogP contribution is 2.24. The Morgan fingerprint density at radius 3 is 2.22 bits per heavy atom. The van der Waals surface area contributed by atoms with Gasteiger partial charge in [-0.25, -0.2) is 4.39 Å². The van der Waals surface area contributed by atoms with Crippen molar-refractivity contribution >= 4 is 40.1 Å². The maximum Gasteiger partial charge on any atom is 0.247 e. The molecule has 0 bridgehead atoms. The molecule has 0 saturated carbocycles. The molecule has 196 valence electrons. The summed E-state index contributed by atoms with van der Waals surface area (Å²) in [5, 5.41) is 23.6. The molecule has 0 heterocycles. The van der Waals surface area contributed by atoms with Gasteiger partial charge in [0.2, 0.25) is 11.8 Å². The maximum atomic E-state index is 14.4. The molecule has 3 atom stereocenters. The molecule has 0 aliphatic heterocycles. The van der Waals surface area contributed by atoms with Crippen LogP contribution in [0.2, 0.25) is 0 Å². The van der Waals surface area contributed by atoms with Gasteiger partial charge in [0.05, 0.1) is 18.9 Å². The van der Waals surface area contributed by atoms with Crippen LogP contribution in [-0.2, 0) is 9.59 Å². The number of halogens is 2. The summed E-state index contributed by atoms with van der Waals surface area (Å²) in [5.41, 5.74) is 7.48. The number of ether oxygens (including phenoxy) is 1. The fraction of sp³-hybridized carbons (Fsp3) is 0.259. The summed E-state index contributed by atoms with van der Waals surface area (Å²) in [6.07, 6.45) is -0.764. The molecule has 10 heteroatoms. The molecule has 1 unspecified atom stereocenters. The minimum absolute atomic E-state index is 0.00822. The van der Waals surface area contributed by atoms with Crippen molar-refractivity contribution in [2.45, 2.75) is 31.0 Å². The molecule has 0 saturated heterocycles. The van der Waals surface area contributed by atoms with Crippen LogP contribution in [0.25, 0.3) is 0 Å². The van der Waals surface area contributed by atoms with Crippen molar-refractivity contribution in [2.75, 3.05) is 18.5 Å². The van der Waals surface area contributed by atoms with Crippen LogP contribution in [0, 0.1) is 9.39 Å². The summed E-state index contributed by atoms with van der Waals surface area (Å²) in [6.45, 7) is 1.09. The Kier molecular flexibility index (Phi) is 10.4. The second-order valence-corrected chi connectivity index (χ2v) is 9.70. The third-order valence-corrected chi connectivity index (χ3v) is 6.50. The first kappa shape index (κ1) is 28.5. The zero-order valence-corrected chi connectivity index (χ0v) is 22.3. The van der Waals surface area contributed by atoms with Crippen LogP contribution in [-0.4, -0.2) is 47.4 Å². The van der Waals surface area contributed by atoms with Crippen LogP contribution in [0.15, 0.2) is 72.8 Å². The lowest BCUT2D eigenvalue weighted by molar-refractivity contribution is -0.127. The van der Waals surface area contributed by atoms with Crippen LogP contribution >= 0.6 is 22.6 Å². The van der Waals surface area contributed by atoms with Gasteiger partial charge in [-0.15, -0.1) is 0 Å². The van der Waals surface area contributed by atoms with E-state index in [1.54, 1.807) is 37.3 Å². The van der Waals surface area contributed by atoms with E-state index in [-0.39, 0.29) is 18.9 Å². The van der Waals surface area contributed by atoms with Crippen LogP contribution in [0.3, 0.4) is 0 Å². The third kappa shape index (κ3) is 7.71. The first-order chi connectivity index (χ1) is 17.7. The summed E-state index contributed by atoms with van der Waals surface area (Å²) in [7, 11) is 0. The van der Waals surface area contributed by atoms with Crippen molar-refractivity contribution in [1.29, 1.82) is 0 Å². The average Bonchev–Trinajstić information content (AvgIpc) is 2.91. The van der Waals surface area contributed by atoms with Crippen molar-refractivity contribution in [3.63, 3.8) is 0 Å². The molecule has 0 fully saturated rings. The zero-order chi connectivity index (χ0) is 26.9. The lowest BCUT2D eigenvalue weighted by Gasteiger charge is -2.26. The van der Waals surface area contributed by atoms with E-state index < -0.39 is 41.7 Å². The van der Waals surface area contributed by atoms with Crippen molar-refractivity contribution in [3.05, 3.63) is 93.3 Å². The third-order valence-electron chi connectivity index (χ3n) is 5.83.